The molecule has 0 saturated carbocycles. The van der Waals surface area contributed by atoms with E-state index in [0.29, 0.717) is 13.1 Å². The molecule has 7 nitrogen and oxygen atoms in total. The van der Waals surface area contributed by atoms with Crippen molar-refractivity contribution < 1.29 is 14.2 Å². The van der Waals surface area contributed by atoms with Crippen molar-refractivity contribution in [2.24, 2.45) is 0 Å². The van der Waals surface area contributed by atoms with Crippen molar-refractivity contribution in [2.45, 2.75) is 37.3 Å². The zero-order valence-corrected chi connectivity index (χ0v) is 14.6. The molecule has 26 heavy (non-hydrogen) atoms. The number of ether oxygens (including phenoxy) is 1. The van der Waals surface area contributed by atoms with E-state index in [1.54, 1.807) is 16.8 Å². The van der Waals surface area contributed by atoms with Crippen LogP contribution in [0.15, 0.2) is 24.3 Å². The maximum atomic E-state index is 13.7. The van der Waals surface area contributed by atoms with Gasteiger partial charge in [-0.25, -0.2) is 19.5 Å². The first-order valence-corrected chi connectivity index (χ1v) is 9.13. The van der Waals surface area contributed by atoms with Gasteiger partial charge in [0.15, 0.2) is 5.82 Å². The minimum atomic E-state index is -0.255. The summed E-state index contributed by atoms with van der Waals surface area (Å²) in [7, 11) is 0. The molecule has 0 bridgehead atoms. The third kappa shape index (κ3) is 3.50. The first-order valence-electron chi connectivity index (χ1n) is 9.13. The van der Waals surface area contributed by atoms with Crippen molar-refractivity contribution in [2.75, 3.05) is 26.4 Å². The van der Waals surface area contributed by atoms with Gasteiger partial charge in [0.2, 0.25) is 0 Å². The number of hydrogen-bond donors (Lipinski definition) is 3. The van der Waals surface area contributed by atoms with Crippen molar-refractivity contribution in [3.8, 4) is 0 Å². The molecule has 8 heteroatoms. The molecule has 0 spiro atoms. The van der Waals surface area contributed by atoms with Gasteiger partial charge in [-0.2, -0.15) is 5.10 Å². The molecule has 2 aliphatic rings. The van der Waals surface area contributed by atoms with Crippen LogP contribution in [0.2, 0.25) is 0 Å². The minimum absolute atomic E-state index is 0.00177. The van der Waals surface area contributed by atoms with E-state index in [2.05, 4.69) is 16.0 Å². The van der Waals surface area contributed by atoms with Gasteiger partial charge in [0.1, 0.15) is 11.6 Å². The molecule has 1 aromatic carbocycles. The van der Waals surface area contributed by atoms with Crippen LogP contribution < -0.4 is 10.9 Å². The number of aliphatic hydroxyl groups is 1. The second-order valence-electron chi connectivity index (χ2n) is 6.83. The van der Waals surface area contributed by atoms with Crippen molar-refractivity contribution in [3.05, 3.63) is 47.3 Å². The average Bonchev–Trinajstić information content (AvgIpc) is 3.29. The Morgan fingerprint density at radius 3 is 2.92 bits per heavy atom. The molecule has 3 heterocycles. The molecule has 2 aromatic rings. The highest BCUT2D eigenvalue weighted by molar-refractivity contribution is 5.25. The lowest BCUT2D eigenvalue weighted by Gasteiger charge is -2.19. The quantitative estimate of drug-likeness (QED) is 0.743. The maximum Gasteiger partial charge on any atom is 0.154 e. The SMILES string of the molecule is OCCn1nc(C2CCOCC2)nc1C1CNNC1c1cccc(F)c1. The summed E-state index contributed by atoms with van der Waals surface area (Å²) in [5, 5.41) is 14.1. The van der Waals surface area contributed by atoms with E-state index in [-0.39, 0.29) is 30.3 Å². The smallest absolute Gasteiger partial charge is 0.154 e. The molecule has 2 aliphatic heterocycles. The van der Waals surface area contributed by atoms with Crippen LogP contribution in [0.4, 0.5) is 4.39 Å². The average molecular weight is 361 g/mol. The highest BCUT2D eigenvalue weighted by Gasteiger charge is 2.35. The normalized spacial score (nSPS) is 24.2. The van der Waals surface area contributed by atoms with E-state index in [1.807, 2.05) is 6.07 Å². The fourth-order valence-electron chi connectivity index (χ4n) is 3.79. The van der Waals surface area contributed by atoms with E-state index in [1.165, 1.54) is 6.07 Å². The summed E-state index contributed by atoms with van der Waals surface area (Å²) < 4.78 is 20.9. The van der Waals surface area contributed by atoms with Crippen LogP contribution in [0.1, 0.15) is 47.9 Å². The van der Waals surface area contributed by atoms with Gasteiger partial charge < -0.3 is 9.84 Å². The molecular weight excluding hydrogens is 337 g/mol. The van der Waals surface area contributed by atoms with E-state index in [4.69, 9.17) is 9.72 Å². The lowest BCUT2D eigenvalue weighted by molar-refractivity contribution is 0.0835. The second kappa shape index (κ2) is 7.79. The topological polar surface area (TPSA) is 84.2 Å². The van der Waals surface area contributed by atoms with Crippen molar-refractivity contribution in [1.82, 2.24) is 25.6 Å². The second-order valence-corrected chi connectivity index (χ2v) is 6.83. The van der Waals surface area contributed by atoms with Gasteiger partial charge in [-0.05, 0) is 30.5 Å². The molecule has 4 rings (SSSR count). The lowest BCUT2D eigenvalue weighted by atomic mass is 9.94. The molecule has 2 saturated heterocycles. The Kier molecular flexibility index (Phi) is 5.26. The number of nitrogens with zero attached hydrogens (tertiary/aromatic N) is 3. The minimum Gasteiger partial charge on any atom is -0.394 e. The summed E-state index contributed by atoms with van der Waals surface area (Å²) in [5.74, 6) is 1.69. The number of aliphatic hydroxyl groups excluding tert-OH is 1. The number of hydrazine groups is 1. The summed E-state index contributed by atoms with van der Waals surface area (Å²) in [4.78, 5) is 4.84. The number of hydrogen-bond acceptors (Lipinski definition) is 6. The van der Waals surface area contributed by atoms with Gasteiger partial charge in [-0.15, -0.1) is 0 Å². The monoisotopic (exact) mass is 361 g/mol. The molecule has 3 N–H and O–H groups in total. The molecule has 1 aromatic heterocycles. The van der Waals surface area contributed by atoms with E-state index in [9.17, 15) is 9.50 Å². The van der Waals surface area contributed by atoms with Crippen molar-refractivity contribution in [3.63, 3.8) is 0 Å². The maximum absolute atomic E-state index is 13.7. The lowest BCUT2D eigenvalue weighted by Crippen LogP contribution is -2.25. The van der Waals surface area contributed by atoms with Crippen LogP contribution in [0.3, 0.4) is 0 Å². The van der Waals surface area contributed by atoms with E-state index >= 15 is 0 Å². The predicted octanol–water partition coefficient (Wildman–Crippen LogP) is 1.24. The van der Waals surface area contributed by atoms with Crippen molar-refractivity contribution in [1.29, 1.82) is 0 Å². The highest BCUT2D eigenvalue weighted by Crippen LogP contribution is 2.34. The Labute approximate surface area is 151 Å². The highest BCUT2D eigenvalue weighted by atomic mass is 19.1. The van der Waals surface area contributed by atoms with E-state index < -0.39 is 0 Å². The van der Waals surface area contributed by atoms with Gasteiger partial charge in [-0.3, -0.25) is 5.43 Å². The number of aromatic nitrogens is 3. The van der Waals surface area contributed by atoms with Gasteiger partial charge in [0.25, 0.3) is 0 Å². The van der Waals surface area contributed by atoms with Crippen LogP contribution in [0.5, 0.6) is 0 Å². The summed E-state index contributed by atoms with van der Waals surface area (Å²) in [6.45, 7) is 2.53. The summed E-state index contributed by atoms with van der Waals surface area (Å²) in [6, 6.07) is 6.51. The van der Waals surface area contributed by atoms with Crippen LogP contribution >= 0.6 is 0 Å². The Hall–Kier alpha value is -1.87. The Bertz CT molecular complexity index is 747. The van der Waals surface area contributed by atoms with Crippen LogP contribution in [0.25, 0.3) is 0 Å². The molecule has 2 unspecified atom stereocenters. The standard InChI is InChI=1S/C18H24FN5O2/c19-14-3-1-2-13(10-14)16-15(11-20-22-16)18-21-17(23-24(18)6-7-25)12-4-8-26-9-5-12/h1-3,10,12,15-16,20,22,25H,4-9,11H2. The zero-order valence-electron chi connectivity index (χ0n) is 14.6. The zero-order chi connectivity index (χ0) is 17.9. The Balaban J connectivity index is 1.65. The van der Waals surface area contributed by atoms with Gasteiger partial charge >= 0.3 is 0 Å². The number of halogens is 1. The molecule has 2 atom stereocenters. The number of nitrogens with one attached hydrogen (secondary N) is 2. The summed E-state index contributed by atoms with van der Waals surface area (Å²) in [5.41, 5.74) is 7.25. The first-order chi connectivity index (χ1) is 12.8. The van der Waals surface area contributed by atoms with Crippen LogP contribution in [0, 0.1) is 5.82 Å². The molecule has 140 valence electrons. The Morgan fingerprint density at radius 1 is 1.31 bits per heavy atom. The fraction of sp³-hybridized carbons (Fsp3) is 0.556. The molecule has 0 amide bonds. The summed E-state index contributed by atoms with van der Waals surface area (Å²) >= 11 is 0. The predicted molar refractivity (Wildman–Crippen MR) is 92.9 cm³/mol. The number of benzene rings is 1. The molecular formula is C18H24FN5O2. The van der Waals surface area contributed by atoms with Crippen LogP contribution in [-0.2, 0) is 11.3 Å². The molecule has 0 radical (unpaired) electrons. The molecule has 0 aliphatic carbocycles. The van der Waals surface area contributed by atoms with Crippen LogP contribution in [-0.4, -0.2) is 46.2 Å². The third-order valence-electron chi connectivity index (χ3n) is 5.14. The largest absolute Gasteiger partial charge is 0.394 e. The van der Waals surface area contributed by atoms with E-state index in [0.717, 1.165) is 43.3 Å². The molecule has 2 fully saturated rings. The van der Waals surface area contributed by atoms with Gasteiger partial charge in [-0.1, -0.05) is 12.1 Å². The first kappa shape index (κ1) is 17.5. The fourth-order valence-corrected chi connectivity index (χ4v) is 3.79. The number of rotatable bonds is 5. The Morgan fingerprint density at radius 2 is 2.15 bits per heavy atom. The van der Waals surface area contributed by atoms with Gasteiger partial charge in [0.05, 0.1) is 25.1 Å². The van der Waals surface area contributed by atoms with Gasteiger partial charge in [0, 0.05) is 25.7 Å². The summed E-state index contributed by atoms with van der Waals surface area (Å²) in [6.07, 6.45) is 1.83. The van der Waals surface area contributed by atoms with Crippen molar-refractivity contribution >= 4 is 0 Å². The third-order valence-corrected chi connectivity index (χ3v) is 5.14.